The molecule has 5 aromatic rings. The normalized spacial score (nSPS) is 11.6. The van der Waals surface area contributed by atoms with E-state index in [1.807, 2.05) is 13.0 Å². The Balaban J connectivity index is 1.30. The number of anilines is 2. The average molecular weight is 724 g/mol. The number of amides is 3. The first-order valence-corrected chi connectivity index (χ1v) is 17.3. The van der Waals surface area contributed by atoms with Gasteiger partial charge >= 0.3 is 0 Å². The molecule has 0 bridgehead atoms. The van der Waals surface area contributed by atoms with E-state index in [2.05, 4.69) is 20.9 Å². The Bertz CT molecular complexity index is 2080. The number of nitrogens with one attached hydrogen (secondary N) is 3. The van der Waals surface area contributed by atoms with Crippen LogP contribution in [0.5, 0.6) is 11.5 Å². The number of carbonyl (C=O) groups excluding carboxylic acids is 3. The molecule has 0 aliphatic carbocycles. The quantitative estimate of drug-likeness (QED) is 0.0452. The van der Waals surface area contributed by atoms with Crippen molar-refractivity contribution in [1.29, 1.82) is 0 Å². The molecular formula is C37H33N5O7S2. The summed E-state index contributed by atoms with van der Waals surface area (Å²) in [6, 6.07) is 26.8. The Morgan fingerprint density at radius 3 is 2.45 bits per heavy atom. The van der Waals surface area contributed by atoms with Crippen LogP contribution in [0.2, 0.25) is 0 Å². The zero-order valence-electron chi connectivity index (χ0n) is 27.7. The molecule has 1 atom stereocenters. The number of hydrogen-bond acceptors (Lipinski definition) is 10. The molecule has 0 spiro atoms. The van der Waals surface area contributed by atoms with Gasteiger partial charge in [-0.05, 0) is 55.0 Å². The number of ether oxygens (including phenoxy) is 2. The smallest absolute Gasteiger partial charge is 0.272 e. The summed E-state index contributed by atoms with van der Waals surface area (Å²) in [7, 11) is 3.03. The Kier molecular flexibility index (Phi) is 12.2. The molecule has 4 aromatic carbocycles. The van der Waals surface area contributed by atoms with Crippen molar-refractivity contribution in [3.63, 3.8) is 0 Å². The van der Waals surface area contributed by atoms with Crippen LogP contribution < -0.4 is 25.4 Å². The second-order valence-corrected chi connectivity index (χ2v) is 13.0. The highest BCUT2D eigenvalue weighted by molar-refractivity contribution is 8.00. The largest absolute Gasteiger partial charge is 0.497 e. The number of methoxy groups -OCH3 is 2. The zero-order chi connectivity index (χ0) is 36.3. The second-order valence-electron chi connectivity index (χ2n) is 10.8. The highest BCUT2D eigenvalue weighted by Crippen LogP contribution is 2.31. The molecule has 12 nitrogen and oxygen atoms in total. The lowest BCUT2D eigenvalue weighted by Crippen LogP contribution is -2.30. The Morgan fingerprint density at radius 1 is 0.941 bits per heavy atom. The summed E-state index contributed by atoms with van der Waals surface area (Å²) in [6.45, 7) is 1.89. The maximum atomic E-state index is 13.7. The highest BCUT2D eigenvalue weighted by atomic mass is 32.2. The molecule has 3 N–H and O–H groups in total. The summed E-state index contributed by atoms with van der Waals surface area (Å²) in [4.78, 5) is 56.0. The van der Waals surface area contributed by atoms with Crippen molar-refractivity contribution in [1.82, 2.24) is 10.3 Å². The van der Waals surface area contributed by atoms with Gasteiger partial charge in [0, 0.05) is 50.9 Å². The Labute approximate surface area is 302 Å². The van der Waals surface area contributed by atoms with Gasteiger partial charge in [-0.1, -0.05) is 43.3 Å². The van der Waals surface area contributed by atoms with Gasteiger partial charge in [0.2, 0.25) is 5.91 Å². The predicted octanol–water partition coefficient (Wildman–Crippen LogP) is 7.65. The van der Waals surface area contributed by atoms with Crippen LogP contribution in [-0.4, -0.2) is 47.1 Å². The molecule has 0 fully saturated rings. The van der Waals surface area contributed by atoms with Crippen molar-refractivity contribution in [2.45, 2.75) is 23.5 Å². The number of nitrogens with zero attached hydrogens (tertiary/aromatic N) is 2. The third-order valence-corrected chi connectivity index (χ3v) is 9.51. The first-order chi connectivity index (χ1) is 24.7. The number of thioether (sulfide) groups is 1. The van der Waals surface area contributed by atoms with Crippen molar-refractivity contribution in [3.05, 3.63) is 129 Å². The van der Waals surface area contributed by atoms with Crippen molar-refractivity contribution < 1.29 is 28.8 Å². The van der Waals surface area contributed by atoms with E-state index < -0.39 is 22.0 Å². The van der Waals surface area contributed by atoms with Crippen LogP contribution in [0.3, 0.4) is 0 Å². The summed E-state index contributed by atoms with van der Waals surface area (Å²) in [5.74, 6) is -0.308. The summed E-state index contributed by atoms with van der Waals surface area (Å²) in [5.41, 5.74) is 2.37. The first-order valence-electron chi connectivity index (χ1n) is 15.6. The topological polar surface area (TPSA) is 162 Å². The van der Waals surface area contributed by atoms with Gasteiger partial charge in [-0.3, -0.25) is 24.5 Å². The van der Waals surface area contributed by atoms with Gasteiger partial charge in [-0.2, -0.15) is 0 Å². The lowest BCUT2D eigenvalue weighted by molar-refractivity contribution is -0.384. The molecule has 1 unspecified atom stereocenters. The zero-order valence-corrected chi connectivity index (χ0v) is 29.4. The van der Waals surface area contributed by atoms with Gasteiger partial charge in [-0.15, -0.1) is 23.1 Å². The molecule has 51 heavy (non-hydrogen) atoms. The summed E-state index contributed by atoms with van der Waals surface area (Å²) in [6.07, 6.45) is 2.02. The number of benzene rings is 4. The van der Waals surface area contributed by atoms with Gasteiger partial charge in [0.1, 0.15) is 17.2 Å². The molecule has 3 amide bonds. The standard InChI is InChI=1S/C37H33N5O7S2/c1-4-33(36(45)41-37-40-31(22-50-37)24-12-8-14-27(18-24)42(46)47)51-29-15-9-13-26(20-29)38-35(44)30(39-34(43)23-10-6-5-7-11-23)19-25-16-17-28(48-2)21-32(25)49-3/h5-22,33H,4H2,1-3H3,(H,38,44)(H,39,43)(H,40,41,45)/b30-19+. The number of carbonyl (C=O) groups is 3. The Morgan fingerprint density at radius 2 is 1.73 bits per heavy atom. The minimum absolute atomic E-state index is 0.0240. The van der Waals surface area contributed by atoms with Crippen LogP contribution in [0, 0.1) is 10.1 Å². The van der Waals surface area contributed by atoms with E-state index in [-0.39, 0.29) is 17.3 Å². The van der Waals surface area contributed by atoms with E-state index in [0.29, 0.717) is 51.1 Å². The summed E-state index contributed by atoms with van der Waals surface area (Å²) in [5, 5.41) is 21.2. The lowest BCUT2D eigenvalue weighted by atomic mass is 10.1. The van der Waals surface area contributed by atoms with Crippen LogP contribution in [0.25, 0.3) is 17.3 Å². The van der Waals surface area contributed by atoms with Crippen LogP contribution in [-0.2, 0) is 9.59 Å². The van der Waals surface area contributed by atoms with Crippen LogP contribution >= 0.6 is 23.1 Å². The third kappa shape index (κ3) is 9.59. The number of thiazole rings is 1. The van der Waals surface area contributed by atoms with Gasteiger partial charge in [0.05, 0.1) is 30.1 Å². The molecule has 0 saturated heterocycles. The minimum atomic E-state index is -0.576. The number of nitro groups is 1. The molecule has 14 heteroatoms. The SMILES string of the molecule is CCC(Sc1cccc(NC(=O)/C(=C\c2ccc(OC)cc2OC)NC(=O)c2ccccc2)c1)C(=O)Nc1nc(-c2cccc([N+](=O)[O-])c2)cs1. The molecule has 0 saturated carbocycles. The molecule has 1 heterocycles. The fourth-order valence-corrected chi connectivity index (χ4v) is 6.53. The fourth-order valence-electron chi connectivity index (χ4n) is 4.80. The van der Waals surface area contributed by atoms with Crippen LogP contribution in [0.15, 0.2) is 113 Å². The van der Waals surface area contributed by atoms with E-state index >= 15 is 0 Å². The molecular weight excluding hydrogens is 691 g/mol. The molecule has 5 rings (SSSR count). The van der Waals surface area contributed by atoms with E-state index in [0.717, 1.165) is 4.90 Å². The molecule has 260 valence electrons. The van der Waals surface area contributed by atoms with E-state index in [4.69, 9.17) is 9.47 Å². The number of hydrogen-bond donors (Lipinski definition) is 3. The number of aromatic nitrogens is 1. The highest BCUT2D eigenvalue weighted by Gasteiger charge is 2.21. The molecule has 0 aliphatic heterocycles. The van der Waals surface area contributed by atoms with Crippen molar-refractivity contribution in [2.75, 3.05) is 24.9 Å². The minimum Gasteiger partial charge on any atom is -0.497 e. The molecule has 1 aromatic heterocycles. The first kappa shape index (κ1) is 36.3. The van der Waals surface area contributed by atoms with E-state index in [9.17, 15) is 24.5 Å². The van der Waals surface area contributed by atoms with Gasteiger partial charge < -0.3 is 25.4 Å². The monoisotopic (exact) mass is 723 g/mol. The number of rotatable bonds is 14. The Hall–Kier alpha value is -5.99. The second kappa shape index (κ2) is 17.1. The predicted molar refractivity (Wildman–Crippen MR) is 199 cm³/mol. The maximum Gasteiger partial charge on any atom is 0.272 e. The van der Waals surface area contributed by atoms with Gasteiger partial charge in [0.15, 0.2) is 5.13 Å². The van der Waals surface area contributed by atoms with E-state index in [1.54, 1.807) is 84.2 Å². The maximum absolute atomic E-state index is 13.7. The van der Waals surface area contributed by atoms with Crippen molar-refractivity contribution in [2.24, 2.45) is 0 Å². The van der Waals surface area contributed by atoms with Gasteiger partial charge in [-0.25, -0.2) is 4.98 Å². The number of nitro benzene ring substituents is 1. The molecule has 0 aliphatic rings. The number of non-ortho nitro benzene ring substituents is 1. The van der Waals surface area contributed by atoms with Crippen LogP contribution in [0.4, 0.5) is 16.5 Å². The third-order valence-electron chi connectivity index (χ3n) is 7.39. The van der Waals surface area contributed by atoms with Crippen molar-refractivity contribution in [3.8, 4) is 22.8 Å². The van der Waals surface area contributed by atoms with Crippen molar-refractivity contribution >= 4 is 63.4 Å². The van der Waals surface area contributed by atoms with Gasteiger partial charge in [0.25, 0.3) is 17.5 Å². The van der Waals surface area contributed by atoms with Crippen LogP contribution in [0.1, 0.15) is 29.3 Å². The fraction of sp³-hybridized carbons (Fsp3) is 0.135. The lowest BCUT2D eigenvalue weighted by Gasteiger charge is -2.15. The summed E-state index contributed by atoms with van der Waals surface area (Å²) >= 11 is 2.54. The van der Waals surface area contributed by atoms with E-state index in [1.165, 1.54) is 55.5 Å². The summed E-state index contributed by atoms with van der Waals surface area (Å²) < 4.78 is 10.8. The molecule has 0 radical (unpaired) electrons. The average Bonchev–Trinajstić information content (AvgIpc) is 3.62.